The van der Waals surface area contributed by atoms with Crippen LogP contribution >= 0.6 is 0 Å². The highest BCUT2D eigenvalue weighted by atomic mass is 16.9. The van der Waals surface area contributed by atoms with Gasteiger partial charge in [0.2, 0.25) is 0 Å². The van der Waals surface area contributed by atoms with Gasteiger partial charge >= 0.3 is 12.1 Å². The molecular weight excluding hydrogens is 424 g/mol. The average molecular weight is 459 g/mol. The normalized spacial score (nSPS) is 10.9. The average Bonchev–Trinajstić information content (AvgIpc) is 2.86. The van der Waals surface area contributed by atoms with Gasteiger partial charge in [-0.1, -0.05) is 64.1 Å². The molecule has 4 amide bonds. The molecule has 0 radical (unpaired) electrons. The van der Waals surface area contributed by atoms with E-state index in [-0.39, 0.29) is 0 Å². The fourth-order valence-corrected chi connectivity index (χ4v) is 3.36. The van der Waals surface area contributed by atoms with Crippen LogP contribution in [0.25, 0.3) is 0 Å². The van der Waals surface area contributed by atoms with E-state index in [1.54, 1.807) is 60.7 Å². The van der Waals surface area contributed by atoms with E-state index in [2.05, 4.69) is 0 Å². The minimum absolute atomic E-state index is 0.299. The van der Waals surface area contributed by atoms with E-state index in [0.29, 0.717) is 47.2 Å². The van der Waals surface area contributed by atoms with Crippen molar-refractivity contribution >= 4 is 23.4 Å². The maximum Gasteiger partial charge on any atom is 0.374 e. The Hall–Kier alpha value is -3.14. The Balaban J connectivity index is 2.49. The number of carbonyl (C=O) groups is 2. The van der Waals surface area contributed by atoms with Gasteiger partial charge in [0.05, 0.1) is 23.5 Å². The predicted octanol–water partition coefficient (Wildman–Crippen LogP) is 5.85. The lowest BCUT2D eigenvalue weighted by Crippen LogP contribution is -2.53. The molecule has 2 N–H and O–H groups in total. The molecule has 0 saturated carbocycles. The van der Waals surface area contributed by atoms with Crippen molar-refractivity contribution in [2.24, 2.45) is 0 Å². The number of carbonyl (C=O) groups excluding carboxylic acids is 2. The first-order valence-corrected chi connectivity index (χ1v) is 11.3. The lowest BCUT2D eigenvalue weighted by Gasteiger charge is -2.34. The van der Waals surface area contributed by atoms with Gasteiger partial charge in [0, 0.05) is 0 Å². The van der Waals surface area contributed by atoms with Gasteiger partial charge in [-0.15, -0.1) is 15.1 Å². The minimum Gasteiger partial charge on any atom is -0.284 e. The van der Waals surface area contributed by atoms with Gasteiger partial charge in [-0.3, -0.25) is 10.4 Å². The third-order valence-corrected chi connectivity index (χ3v) is 5.46. The number of anilines is 2. The van der Waals surface area contributed by atoms with Crippen LogP contribution in [0.4, 0.5) is 21.0 Å². The van der Waals surface area contributed by atoms with Gasteiger partial charge in [-0.25, -0.2) is 19.7 Å². The van der Waals surface area contributed by atoms with E-state index in [0.717, 1.165) is 10.1 Å². The van der Waals surface area contributed by atoms with Gasteiger partial charge < -0.3 is 0 Å². The van der Waals surface area contributed by atoms with Gasteiger partial charge in [-0.05, 0) is 49.9 Å². The molecule has 0 aromatic heterocycles. The van der Waals surface area contributed by atoms with Crippen molar-refractivity contribution in [3.05, 3.63) is 60.7 Å². The Kier molecular flexibility index (Phi) is 10.1. The molecule has 0 bridgehead atoms. The third kappa shape index (κ3) is 6.44. The summed E-state index contributed by atoms with van der Waals surface area (Å²) in [5, 5.41) is 24.1. The van der Waals surface area contributed by atoms with Crippen molar-refractivity contribution in [1.29, 1.82) is 0 Å². The number of hydrogen-bond acceptors (Lipinski definition) is 5. The Bertz CT molecular complexity index is 788. The highest BCUT2D eigenvalue weighted by Gasteiger charge is 2.34. The van der Waals surface area contributed by atoms with E-state index in [1.165, 1.54) is 0 Å². The molecule has 0 saturated heterocycles. The molecule has 2 aromatic rings. The van der Waals surface area contributed by atoms with E-state index in [9.17, 15) is 20.0 Å². The number of hydrogen-bond donors (Lipinski definition) is 2. The second kappa shape index (κ2) is 12.8. The Labute approximate surface area is 195 Å². The Morgan fingerprint density at radius 3 is 1.24 bits per heavy atom. The molecule has 0 heterocycles. The topological polar surface area (TPSA) is 96.8 Å². The summed E-state index contributed by atoms with van der Waals surface area (Å²) in [5.41, 5.74) is 0.599. The summed E-state index contributed by atoms with van der Waals surface area (Å²) in [6, 6.07) is 14.2. The molecule has 2 rings (SSSR count). The van der Waals surface area contributed by atoms with Crippen LogP contribution in [0.3, 0.4) is 0 Å². The van der Waals surface area contributed by atoms with E-state index in [4.69, 9.17) is 4.94 Å². The molecule has 9 heteroatoms. The van der Waals surface area contributed by atoms with Gasteiger partial charge in [-0.2, -0.15) is 0 Å². The zero-order valence-electron chi connectivity index (χ0n) is 19.7. The Morgan fingerprint density at radius 1 is 0.667 bits per heavy atom. The van der Waals surface area contributed by atoms with Crippen LogP contribution in [0, 0.1) is 0 Å². The molecule has 0 unspecified atom stereocenters. The van der Waals surface area contributed by atoms with Crippen molar-refractivity contribution in [3.63, 3.8) is 0 Å². The van der Waals surface area contributed by atoms with Crippen molar-refractivity contribution in [3.8, 4) is 0 Å². The SMILES string of the molecule is CCC(CC)N(O)C(=O)N(ON(C(=O)N(O)C(CC)CC)c1ccccc1)c1ccccc1. The highest BCUT2D eigenvalue weighted by Crippen LogP contribution is 2.24. The molecule has 33 heavy (non-hydrogen) atoms. The molecular formula is C24H34N4O5. The van der Waals surface area contributed by atoms with Gasteiger partial charge in [0.1, 0.15) is 0 Å². The van der Waals surface area contributed by atoms with Crippen molar-refractivity contribution in [1.82, 2.24) is 10.1 Å². The number of nitrogens with zero attached hydrogens (tertiary/aromatic N) is 4. The molecule has 0 aliphatic rings. The maximum absolute atomic E-state index is 13.3. The highest BCUT2D eigenvalue weighted by molar-refractivity contribution is 5.92. The summed E-state index contributed by atoms with van der Waals surface area (Å²) < 4.78 is 0. The number of benzene rings is 2. The number of hydroxylamine groups is 6. The Morgan fingerprint density at radius 2 is 0.970 bits per heavy atom. The van der Waals surface area contributed by atoms with Crippen LogP contribution in [0.1, 0.15) is 53.4 Å². The number of rotatable bonds is 10. The molecule has 9 nitrogen and oxygen atoms in total. The monoisotopic (exact) mass is 458 g/mol. The van der Waals surface area contributed by atoms with E-state index < -0.39 is 24.1 Å². The zero-order chi connectivity index (χ0) is 24.4. The summed E-state index contributed by atoms with van der Waals surface area (Å²) in [7, 11) is 0. The summed E-state index contributed by atoms with van der Waals surface area (Å²) in [4.78, 5) is 32.4. The fraction of sp³-hybridized carbons (Fsp3) is 0.417. The third-order valence-electron chi connectivity index (χ3n) is 5.46. The predicted molar refractivity (Wildman–Crippen MR) is 126 cm³/mol. The molecule has 0 fully saturated rings. The number of urea groups is 2. The molecule has 0 aliphatic heterocycles. The largest absolute Gasteiger partial charge is 0.374 e. The summed E-state index contributed by atoms with van der Waals surface area (Å²) in [6.07, 6.45) is 2.12. The number of para-hydroxylation sites is 2. The van der Waals surface area contributed by atoms with Crippen molar-refractivity contribution < 1.29 is 24.9 Å². The molecule has 2 aromatic carbocycles. The summed E-state index contributed by atoms with van der Waals surface area (Å²) in [5.74, 6) is 0. The van der Waals surface area contributed by atoms with Crippen LogP contribution in [0.15, 0.2) is 60.7 Å². The van der Waals surface area contributed by atoms with Crippen LogP contribution in [0.5, 0.6) is 0 Å². The molecule has 0 spiro atoms. The van der Waals surface area contributed by atoms with Crippen LogP contribution in [-0.4, -0.2) is 44.7 Å². The molecule has 180 valence electrons. The maximum atomic E-state index is 13.3. The summed E-state index contributed by atoms with van der Waals surface area (Å²) in [6.45, 7) is 7.43. The van der Waals surface area contributed by atoms with Crippen molar-refractivity contribution in [2.75, 3.05) is 10.1 Å². The molecule has 0 atom stereocenters. The minimum atomic E-state index is -0.865. The first-order valence-electron chi connectivity index (χ1n) is 11.3. The van der Waals surface area contributed by atoms with Gasteiger partial charge in [0.25, 0.3) is 0 Å². The molecule has 0 aliphatic carbocycles. The van der Waals surface area contributed by atoms with Crippen LogP contribution in [0.2, 0.25) is 0 Å². The summed E-state index contributed by atoms with van der Waals surface area (Å²) >= 11 is 0. The lowest BCUT2D eigenvalue weighted by atomic mass is 10.2. The van der Waals surface area contributed by atoms with Crippen molar-refractivity contribution in [2.45, 2.75) is 65.5 Å². The van der Waals surface area contributed by atoms with Crippen LogP contribution < -0.4 is 10.1 Å². The standard InChI is InChI=1S/C24H34N4O5/c1-5-19(6-2)25(31)23(29)27(21-15-11-9-12-16-21)33-28(22-17-13-10-14-18-22)24(30)26(32)20(7-3)8-4/h9-20,31-32H,5-8H2,1-4H3. The smallest absolute Gasteiger partial charge is 0.284 e. The first kappa shape index (κ1) is 26.1. The second-order valence-electron chi connectivity index (χ2n) is 7.54. The van der Waals surface area contributed by atoms with E-state index in [1.807, 2.05) is 27.7 Å². The quantitative estimate of drug-likeness (QED) is 0.344. The van der Waals surface area contributed by atoms with Crippen LogP contribution in [-0.2, 0) is 4.94 Å². The van der Waals surface area contributed by atoms with Gasteiger partial charge in [0.15, 0.2) is 0 Å². The zero-order valence-corrected chi connectivity index (χ0v) is 19.7. The fourth-order valence-electron chi connectivity index (χ4n) is 3.36. The lowest BCUT2D eigenvalue weighted by molar-refractivity contribution is -0.0961. The first-order chi connectivity index (χ1) is 15.9. The number of amides is 4. The second-order valence-corrected chi connectivity index (χ2v) is 7.54. The van der Waals surface area contributed by atoms with E-state index >= 15 is 0 Å².